The lowest BCUT2D eigenvalue weighted by Gasteiger charge is -2.23. The first-order chi connectivity index (χ1) is 8.15. The van der Waals surface area contributed by atoms with Crippen LogP contribution in [0, 0.1) is 0 Å². The molecule has 1 heterocycles. The lowest BCUT2D eigenvalue weighted by Crippen LogP contribution is -2.30. The maximum atomic E-state index is 5.71. The molecule has 0 unspecified atom stereocenters. The summed E-state index contributed by atoms with van der Waals surface area (Å²) in [6.45, 7) is 2.23. The van der Waals surface area contributed by atoms with Crippen molar-refractivity contribution in [2.45, 2.75) is 38.1 Å². The lowest BCUT2D eigenvalue weighted by molar-refractivity contribution is 0.497. The molecular weight excluding hydrogens is 214 g/mol. The van der Waals surface area contributed by atoms with Crippen LogP contribution in [0.25, 0.3) is 11.1 Å². The molecule has 0 saturated heterocycles. The van der Waals surface area contributed by atoms with Gasteiger partial charge in [0.05, 0.1) is 0 Å². The summed E-state index contributed by atoms with van der Waals surface area (Å²) < 4.78 is 5.67. The van der Waals surface area contributed by atoms with Gasteiger partial charge in [0, 0.05) is 17.3 Å². The Morgan fingerprint density at radius 2 is 2.12 bits per heavy atom. The van der Waals surface area contributed by atoms with Gasteiger partial charge in [0.25, 0.3) is 6.01 Å². The number of hydrogen-bond acceptors (Lipinski definition) is 4. The zero-order valence-electron chi connectivity index (χ0n) is 9.99. The molecule has 3 rings (SSSR count). The van der Waals surface area contributed by atoms with Crippen LogP contribution in [0.5, 0.6) is 0 Å². The zero-order valence-corrected chi connectivity index (χ0v) is 9.99. The molecule has 90 valence electrons. The minimum absolute atomic E-state index is 0.131. The number of nitrogen functional groups attached to an aromatic ring is 1. The summed E-state index contributed by atoms with van der Waals surface area (Å²) in [5, 5.41) is 3.41. The van der Waals surface area contributed by atoms with Gasteiger partial charge in [-0.1, -0.05) is 12.8 Å². The van der Waals surface area contributed by atoms with Gasteiger partial charge in [0.15, 0.2) is 5.58 Å². The van der Waals surface area contributed by atoms with Crippen LogP contribution in [-0.2, 0) is 0 Å². The SMILES string of the molecule is CC1(Nc2nc3ccc(N)cc3o2)CCCC1. The molecule has 3 N–H and O–H groups in total. The van der Waals surface area contributed by atoms with E-state index in [-0.39, 0.29) is 5.54 Å². The highest BCUT2D eigenvalue weighted by Gasteiger charge is 2.29. The number of anilines is 2. The molecule has 1 aliphatic carbocycles. The van der Waals surface area contributed by atoms with Crippen molar-refractivity contribution in [3.8, 4) is 0 Å². The number of nitrogens with one attached hydrogen (secondary N) is 1. The van der Waals surface area contributed by atoms with Gasteiger partial charge in [0.2, 0.25) is 0 Å². The Balaban J connectivity index is 1.90. The van der Waals surface area contributed by atoms with Crippen molar-refractivity contribution >= 4 is 22.8 Å². The third-order valence-corrected chi connectivity index (χ3v) is 3.53. The van der Waals surface area contributed by atoms with E-state index in [0.29, 0.717) is 11.7 Å². The van der Waals surface area contributed by atoms with Crippen LogP contribution < -0.4 is 11.1 Å². The van der Waals surface area contributed by atoms with Gasteiger partial charge < -0.3 is 15.5 Å². The number of oxazole rings is 1. The maximum Gasteiger partial charge on any atom is 0.296 e. The van der Waals surface area contributed by atoms with E-state index in [1.54, 1.807) is 0 Å². The Hall–Kier alpha value is -1.71. The van der Waals surface area contributed by atoms with Crippen LogP contribution in [0.3, 0.4) is 0 Å². The largest absolute Gasteiger partial charge is 0.423 e. The molecular formula is C13H17N3O. The maximum absolute atomic E-state index is 5.71. The second-order valence-electron chi connectivity index (χ2n) is 5.14. The van der Waals surface area contributed by atoms with E-state index < -0.39 is 0 Å². The second kappa shape index (κ2) is 3.65. The van der Waals surface area contributed by atoms with Crippen molar-refractivity contribution in [2.24, 2.45) is 0 Å². The summed E-state index contributed by atoms with van der Waals surface area (Å²) in [5.41, 5.74) is 8.14. The van der Waals surface area contributed by atoms with Gasteiger partial charge in [-0.3, -0.25) is 0 Å². The van der Waals surface area contributed by atoms with E-state index in [1.165, 1.54) is 25.7 Å². The van der Waals surface area contributed by atoms with Gasteiger partial charge in [-0.15, -0.1) is 0 Å². The molecule has 4 heteroatoms. The molecule has 0 spiro atoms. The minimum Gasteiger partial charge on any atom is -0.423 e. The number of hydrogen-bond donors (Lipinski definition) is 2. The van der Waals surface area contributed by atoms with E-state index >= 15 is 0 Å². The highest BCUT2D eigenvalue weighted by molar-refractivity contribution is 5.78. The Morgan fingerprint density at radius 3 is 2.88 bits per heavy atom. The molecule has 4 nitrogen and oxygen atoms in total. The van der Waals surface area contributed by atoms with Gasteiger partial charge in [-0.2, -0.15) is 4.98 Å². The molecule has 0 aliphatic heterocycles. The second-order valence-corrected chi connectivity index (χ2v) is 5.14. The number of aromatic nitrogens is 1. The average molecular weight is 231 g/mol. The van der Waals surface area contributed by atoms with E-state index in [1.807, 2.05) is 18.2 Å². The molecule has 0 bridgehead atoms. The minimum atomic E-state index is 0.131. The molecule has 1 aliphatic rings. The fourth-order valence-electron chi connectivity index (χ4n) is 2.53. The van der Waals surface area contributed by atoms with Crippen molar-refractivity contribution < 1.29 is 4.42 Å². The Bertz CT molecular complexity index is 541. The van der Waals surface area contributed by atoms with Crippen molar-refractivity contribution in [3.05, 3.63) is 18.2 Å². The smallest absolute Gasteiger partial charge is 0.296 e. The van der Waals surface area contributed by atoms with Crippen LogP contribution in [0.15, 0.2) is 22.6 Å². The van der Waals surface area contributed by atoms with Crippen molar-refractivity contribution in [1.82, 2.24) is 4.98 Å². The monoisotopic (exact) mass is 231 g/mol. The van der Waals surface area contributed by atoms with Crippen molar-refractivity contribution in [1.29, 1.82) is 0 Å². The molecule has 0 radical (unpaired) electrons. The van der Waals surface area contributed by atoms with Crippen molar-refractivity contribution in [2.75, 3.05) is 11.1 Å². The van der Waals surface area contributed by atoms with Crippen LogP contribution in [0.2, 0.25) is 0 Å². The molecule has 0 atom stereocenters. The molecule has 1 aromatic carbocycles. The normalized spacial score (nSPS) is 18.6. The van der Waals surface area contributed by atoms with E-state index in [2.05, 4.69) is 17.2 Å². The molecule has 1 saturated carbocycles. The summed E-state index contributed by atoms with van der Waals surface area (Å²) in [6, 6.07) is 6.14. The van der Waals surface area contributed by atoms with Crippen LogP contribution in [0.4, 0.5) is 11.7 Å². The van der Waals surface area contributed by atoms with Crippen LogP contribution >= 0.6 is 0 Å². The number of nitrogens with zero attached hydrogens (tertiary/aromatic N) is 1. The highest BCUT2D eigenvalue weighted by Crippen LogP contribution is 2.33. The number of nitrogens with two attached hydrogens (primary N) is 1. The zero-order chi connectivity index (χ0) is 11.9. The first-order valence-electron chi connectivity index (χ1n) is 6.09. The third kappa shape index (κ3) is 1.95. The standard InChI is InChI=1S/C13H17N3O/c1-13(6-2-3-7-13)16-12-15-10-5-4-9(14)8-11(10)17-12/h4-5,8H,2-3,6-7,14H2,1H3,(H,15,16). The predicted octanol–water partition coefficient (Wildman–Crippen LogP) is 3.15. The Morgan fingerprint density at radius 1 is 1.35 bits per heavy atom. The summed E-state index contributed by atoms with van der Waals surface area (Å²) in [6.07, 6.45) is 4.90. The predicted molar refractivity (Wildman–Crippen MR) is 68.9 cm³/mol. The van der Waals surface area contributed by atoms with Crippen LogP contribution in [0.1, 0.15) is 32.6 Å². The topological polar surface area (TPSA) is 64.1 Å². The summed E-state index contributed by atoms with van der Waals surface area (Å²) >= 11 is 0. The molecule has 1 aromatic heterocycles. The fraction of sp³-hybridized carbons (Fsp3) is 0.462. The van der Waals surface area contributed by atoms with Crippen LogP contribution in [-0.4, -0.2) is 10.5 Å². The molecule has 2 aromatic rings. The molecule has 1 fully saturated rings. The molecule has 17 heavy (non-hydrogen) atoms. The fourth-order valence-corrected chi connectivity index (χ4v) is 2.53. The first kappa shape index (κ1) is 10.4. The Labute approximate surface area is 100 Å². The number of benzene rings is 1. The number of rotatable bonds is 2. The van der Waals surface area contributed by atoms with Gasteiger partial charge in [0.1, 0.15) is 5.52 Å². The summed E-state index contributed by atoms with van der Waals surface area (Å²) in [7, 11) is 0. The average Bonchev–Trinajstić information content (AvgIpc) is 2.84. The van der Waals surface area contributed by atoms with E-state index in [9.17, 15) is 0 Å². The van der Waals surface area contributed by atoms with Gasteiger partial charge in [-0.25, -0.2) is 0 Å². The summed E-state index contributed by atoms with van der Waals surface area (Å²) in [4.78, 5) is 4.43. The Kier molecular flexibility index (Phi) is 2.24. The third-order valence-electron chi connectivity index (χ3n) is 3.53. The number of fused-ring (bicyclic) bond motifs is 1. The lowest BCUT2D eigenvalue weighted by atomic mass is 10.0. The van der Waals surface area contributed by atoms with E-state index in [4.69, 9.17) is 10.2 Å². The van der Waals surface area contributed by atoms with Gasteiger partial charge in [-0.05, 0) is 31.9 Å². The first-order valence-corrected chi connectivity index (χ1v) is 6.09. The van der Waals surface area contributed by atoms with E-state index in [0.717, 1.165) is 11.1 Å². The summed E-state index contributed by atoms with van der Waals surface area (Å²) in [5.74, 6) is 0. The van der Waals surface area contributed by atoms with Gasteiger partial charge >= 0.3 is 0 Å². The quantitative estimate of drug-likeness (QED) is 0.779. The van der Waals surface area contributed by atoms with Crippen molar-refractivity contribution in [3.63, 3.8) is 0 Å². The molecule has 0 amide bonds. The highest BCUT2D eigenvalue weighted by atomic mass is 16.4.